The first-order chi connectivity index (χ1) is 8.29. The Kier molecular flexibility index (Phi) is 2.98. The van der Waals surface area contributed by atoms with Crippen LogP contribution in [0.4, 0.5) is 0 Å². The van der Waals surface area contributed by atoms with Crippen LogP contribution >= 0.6 is 27.3 Å². The lowest BCUT2D eigenvalue weighted by molar-refractivity contribution is 0.978. The van der Waals surface area contributed by atoms with E-state index in [0.29, 0.717) is 12.5 Å². The van der Waals surface area contributed by atoms with Gasteiger partial charge in [-0.3, -0.25) is 4.98 Å². The van der Waals surface area contributed by atoms with Gasteiger partial charge in [0.05, 0.1) is 5.69 Å². The molecule has 0 aromatic carbocycles. The SMILES string of the molecule is NCc1sc(-c2ncccc2Br)nc1C1CC1. The number of nitrogens with zero attached hydrogens (tertiary/aromatic N) is 2. The molecule has 1 saturated carbocycles. The highest BCUT2D eigenvalue weighted by Gasteiger charge is 2.29. The maximum atomic E-state index is 5.78. The minimum Gasteiger partial charge on any atom is -0.326 e. The largest absolute Gasteiger partial charge is 0.326 e. The third-order valence-corrected chi connectivity index (χ3v) is 4.58. The number of pyridine rings is 1. The van der Waals surface area contributed by atoms with Crippen LogP contribution in [-0.2, 0) is 6.54 Å². The van der Waals surface area contributed by atoms with Crippen molar-refractivity contribution in [3.8, 4) is 10.7 Å². The molecule has 0 spiro atoms. The molecular formula is C12H12BrN3S. The molecule has 0 atom stereocenters. The molecule has 1 aliphatic carbocycles. The average Bonchev–Trinajstić information content (AvgIpc) is 3.10. The van der Waals surface area contributed by atoms with Crippen molar-refractivity contribution in [2.24, 2.45) is 5.73 Å². The molecule has 0 saturated heterocycles. The molecule has 0 aliphatic heterocycles. The molecule has 17 heavy (non-hydrogen) atoms. The topological polar surface area (TPSA) is 51.8 Å². The van der Waals surface area contributed by atoms with E-state index in [9.17, 15) is 0 Å². The van der Waals surface area contributed by atoms with Crippen LogP contribution in [0.25, 0.3) is 10.7 Å². The Morgan fingerprint density at radius 3 is 2.94 bits per heavy atom. The van der Waals surface area contributed by atoms with Crippen LogP contribution in [-0.4, -0.2) is 9.97 Å². The first-order valence-electron chi connectivity index (χ1n) is 5.60. The summed E-state index contributed by atoms with van der Waals surface area (Å²) >= 11 is 5.18. The van der Waals surface area contributed by atoms with Crippen LogP contribution in [0.3, 0.4) is 0 Å². The lowest BCUT2D eigenvalue weighted by Gasteiger charge is -1.97. The molecule has 0 bridgehead atoms. The van der Waals surface area contributed by atoms with Crippen LogP contribution in [0.5, 0.6) is 0 Å². The number of halogens is 1. The van der Waals surface area contributed by atoms with Gasteiger partial charge in [-0.1, -0.05) is 0 Å². The first kappa shape index (κ1) is 11.3. The summed E-state index contributed by atoms with van der Waals surface area (Å²) < 4.78 is 0.986. The van der Waals surface area contributed by atoms with Crippen molar-refractivity contribution in [1.82, 2.24) is 9.97 Å². The number of thiazole rings is 1. The predicted octanol–water partition coefficient (Wildman–Crippen LogP) is 3.30. The standard InChI is InChI=1S/C12H12BrN3S/c13-8-2-1-5-15-11(8)12-16-10(7-3-4-7)9(6-14)17-12/h1-2,5,7H,3-4,6,14H2. The molecule has 2 N–H and O–H groups in total. The van der Waals surface area contributed by atoms with Crippen LogP contribution < -0.4 is 5.73 Å². The fourth-order valence-corrected chi connectivity index (χ4v) is 3.44. The highest BCUT2D eigenvalue weighted by Crippen LogP contribution is 2.44. The number of rotatable bonds is 3. The number of aromatic nitrogens is 2. The monoisotopic (exact) mass is 309 g/mol. The molecule has 2 aromatic heterocycles. The zero-order valence-corrected chi connectivity index (χ0v) is 11.6. The summed E-state index contributed by atoms with van der Waals surface area (Å²) in [5, 5.41) is 0.972. The van der Waals surface area contributed by atoms with E-state index in [4.69, 9.17) is 10.7 Å². The van der Waals surface area contributed by atoms with E-state index >= 15 is 0 Å². The number of hydrogen-bond donors (Lipinski definition) is 1. The van der Waals surface area contributed by atoms with Crippen molar-refractivity contribution in [3.05, 3.63) is 33.4 Å². The molecule has 0 amide bonds. The van der Waals surface area contributed by atoms with Crippen LogP contribution in [0, 0.1) is 0 Å². The molecule has 3 nitrogen and oxygen atoms in total. The highest BCUT2D eigenvalue weighted by molar-refractivity contribution is 9.10. The van der Waals surface area contributed by atoms with Gasteiger partial charge in [-0.15, -0.1) is 11.3 Å². The van der Waals surface area contributed by atoms with Crippen LogP contribution in [0.1, 0.15) is 29.3 Å². The second-order valence-electron chi connectivity index (χ2n) is 4.14. The minimum atomic E-state index is 0.577. The zero-order valence-electron chi connectivity index (χ0n) is 9.19. The summed E-state index contributed by atoms with van der Waals surface area (Å²) in [5.74, 6) is 0.640. The van der Waals surface area contributed by atoms with E-state index in [2.05, 4.69) is 20.9 Å². The second-order valence-corrected chi connectivity index (χ2v) is 6.08. The van der Waals surface area contributed by atoms with E-state index in [1.807, 2.05) is 12.1 Å². The summed E-state index contributed by atoms with van der Waals surface area (Å²) in [6, 6.07) is 3.90. The fourth-order valence-electron chi connectivity index (χ4n) is 1.83. The smallest absolute Gasteiger partial charge is 0.143 e. The zero-order chi connectivity index (χ0) is 11.8. The maximum Gasteiger partial charge on any atom is 0.143 e. The van der Waals surface area contributed by atoms with E-state index < -0.39 is 0 Å². The molecule has 0 unspecified atom stereocenters. The average molecular weight is 310 g/mol. The van der Waals surface area contributed by atoms with Crippen molar-refractivity contribution < 1.29 is 0 Å². The van der Waals surface area contributed by atoms with Gasteiger partial charge < -0.3 is 5.73 Å². The first-order valence-corrected chi connectivity index (χ1v) is 7.21. The Balaban J connectivity index is 2.06. The Morgan fingerprint density at radius 2 is 2.29 bits per heavy atom. The molecule has 1 fully saturated rings. The number of nitrogens with two attached hydrogens (primary N) is 1. The summed E-state index contributed by atoms with van der Waals surface area (Å²) in [6.07, 6.45) is 4.29. The van der Waals surface area contributed by atoms with Gasteiger partial charge in [0, 0.05) is 28.0 Å². The summed E-state index contributed by atoms with van der Waals surface area (Å²) in [6.45, 7) is 0.577. The van der Waals surface area contributed by atoms with Gasteiger partial charge in [0.15, 0.2) is 0 Å². The van der Waals surface area contributed by atoms with E-state index in [0.717, 1.165) is 15.2 Å². The van der Waals surface area contributed by atoms with Gasteiger partial charge in [-0.2, -0.15) is 0 Å². The highest BCUT2D eigenvalue weighted by atomic mass is 79.9. The Hall–Kier alpha value is -0.780. The molecule has 2 heterocycles. The summed E-state index contributed by atoms with van der Waals surface area (Å²) in [7, 11) is 0. The second kappa shape index (κ2) is 4.48. The summed E-state index contributed by atoms with van der Waals surface area (Å²) in [4.78, 5) is 10.3. The molecular weight excluding hydrogens is 298 g/mol. The lowest BCUT2D eigenvalue weighted by Crippen LogP contribution is -1.96. The van der Waals surface area contributed by atoms with E-state index in [1.165, 1.54) is 23.4 Å². The minimum absolute atomic E-state index is 0.577. The lowest BCUT2D eigenvalue weighted by atomic mass is 10.2. The van der Waals surface area contributed by atoms with Crippen molar-refractivity contribution in [2.45, 2.75) is 25.3 Å². The van der Waals surface area contributed by atoms with E-state index in [-0.39, 0.29) is 0 Å². The van der Waals surface area contributed by atoms with Crippen molar-refractivity contribution in [1.29, 1.82) is 0 Å². The van der Waals surface area contributed by atoms with Gasteiger partial charge in [0.2, 0.25) is 0 Å². The van der Waals surface area contributed by atoms with Crippen LogP contribution in [0.2, 0.25) is 0 Å². The quantitative estimate of drug-likeness (QED) is 0.946. The normalized spacial score (nSPS) is 15.2. The Labute approximate surface area is 112 Å². The fraction of sp³-hybridized carbons (Fsp3) is 0.333. The molecule has 3 rings (SSSR count). The van der Waals surface area contributed by atoms with Crippen molar-refractivity contribution in [3.63, 3.8) is 0 Å². The third-order valence-electron chi connectivity index (χ3n) is 2.84. The molecule has 0 radical (unpaired) electrons. The van der Waals surface area contributed by atoms with Crippen LogP contribution in [0.15, 0.2) is 22.8 Å². The van der Waals surface area contributed by atoms with Crippen molar-refractivity contribution in [2.75, 3.05) is 0 Å². The molecule has 5 heteroatoms. The molecule has 2 aromatic rings. The third kappa shape index (κ3) is 2.14. The van der Waals surface area contributed by atoms with Gasteiger partial charge in [-0.05, 0) is 40.9 Å². The Morgan fingerprint density at radius 1 is 1.47 bits per heavy atom. The maximum absolute atomic E-state index is 5.78. The van der Waals surface area contributed by atoms with Gasteiger partial charge in [0.1, 0.15) is 10.7 Å². The predicted molar refractivity (Wildman–Crippen MR) is 72.9 cm³/mol. The van der Waals surface area contributed by atoms with Gasteiger partial charge >= 0.3 is 0 Å². The van der Waals surface area contributed by atoms with Gasteiger partial charge in [-0.25, -0.2) is 4.98 Å². The van der Waals surface area contributed by atoms with E-state index in [1.54, 1.807) is 17.5 Å². The van der Waals surface area contributed by atoms with Gasteiger partial charge in [0.25, 0.3) is 0 Å². The number of hydrogen-bond acceptors (Lipinski definition) is 4. The summed E-state index contributed by atoms with van der Waals surface area (Å²) in [5.41, 5.74) is 7.90. The molecule has 1 aliphatic rings. The van der Waals surface area contributed by atoms with Crippen molar-refractivity contribution >= 4 is 27.3 Å². The molecule has 88 valence electrons. The Bertz CT molecular complexity index is 548.